The number of nitrogen functional groups attached to an aromatic ring is 1. The van der Waals surface area contributed by atoms with Crippen LogP contribution in [0, 0.1) is 0 Å². The minimum absolute atomic E-state index is 0.0421. The molecule has 0 aliphatic rings. The lowest BCUT2D eigenvalue weighted by molar-refractivity contribution is 0.0695. The Hall–Kier alpha value is -2.08. The molecule has 0 fully saturated rings. The van der Waals surface area contributed by atoms with E-state index < -0.39 is 11.9 Å². The monoisotopic (exact) mass is 210 g/mol. The topological polar surface area (TPSA) is 102 Å². The van der Waals surface area contributed by atoms with Crippen LogP contribution in [0.4, 0.5) is 0 Å². The molecule has 4 N–H and O–H groups in total. The van der Waals surface area contributed by atoms with Crippen LogP contribution < -0.4 is 16.0 Å². The molecule has 0 saturated heterocycles. The van der Waals surface area contributed by atoms with Gasteiger partial charge in [0.1, 0.15) is 5.75 Å². The summed E-state index contributed by atoms with van der Waals surface area (Å²) in [5, 5.41) is 8.71. The highest BCUT2D eigenvalue weighted by Crippen LogP contribution is 2.19. The summed E-state index contributed by atoms with van der Waals surface area (Å²) in [5.41, 5.74) is 2.17. The Morgan fingerprint density at radius 1 is 1.47 bits per heavy atom. The van der Waals surface area contributed by atoms with Gasteiger partial charge in [-0.2, -0.15) is 0 Å². The van der Waals surface area contributed by atoms with Crippen LogP contribution in [-0.2, 0) is 0 Å². The van der Waals surface area contributed by atoms with E-state index in [0.717, 1.165) is 0 Å². The first-order valence-corrected chi connectivity index (χ1v) is 4.02. The summed E-state index contributed by atoms with van der Waals surface area (Å²) in [6, 6.07) is 3.90. The van der Waals surface area contributed by atoms with Crippen molar-refractivity contribution in [3.63, 3.8) is 0 Å². The largest absolute Gasteiger partial charge is 0.496 e. The summed E-state index contributed by atoms with van der Waals surface area (Å²) < 4.78 is 4.88. The minimum Gasteiger partial charge on any atom is -0.496 e. The Labute approximate surface area is 85.6 Å². The van der Waals surface area contributed by atoms with E-state index in [1.54, 1.807) is 0 Å². The fraction of sp³-hybridized carbons (Fsp3) is 0.111. The zero-order valence-electron chi connectivity index (χ0n) is 7.98. The fourth-order valence-corrected chi connectivity index (χ4v) is 1.09. The van der Waals surface area contributed by atoms with Crippen LogP contribution in [0.3, 0.4) is 0 Å². The highest BCUT2D eigenvalue weighted by atomic mass is 16.5. The Morgan fingerprint density at radius 2 is 2.13 bits per heavy atom. The van der Waals surface area contributed by atoms with E-state index >= 15 is 0 Å². The number of carboxylic acids is 1. The quantitative estimate of drug-likeness (QED) is 0.370. The zero-order chi connectivity index (χ0) is 11.4. The van der Waals surface area contributed by atoms with Crippen molar-refractivity contribution in [2.75, 3.05) is 7.11 Å². The predicted molar refractivity (Wildman–Crippen MR) is 51.6 cm³/mol. The van der Waals surface area contributed by atoms with Crippen molar-refractivity contribution in [2.24, 2.45) is 5.84 Å². The van der Waals surface area contributed by atoms with E-state index in [1.807, 2.05) is 5.43 Å². The number of carboxylic acid groups (broad SMARTS) is 1. The van der Waals surface area contributed by atoms with E-state index in [0.29, 0.717) is 0 Å². The van der Waals surface area contributed by atoms with Crippen molar-refractivity contribution in [1.82, 2.24) is 5.43 Å². The molecule has 1 aromatic rings. The van der Waals surface area contributed by atoms with Crippen molar-refractivity contribution in [3.05, 3.63) is 29.3 Å². The van der Waals surface area contributed by atoms with Gasteiger partial charge in [0, 0.05) is 0 Å². The fourth-order valence-electron chi connectivity index (χ4n) is 1.09. The van der Waals surface area contributed by atoms with Gasteiger partial charge in [0.05, 0.1) is 18.2 Å². The second-order valence-electron chi connectivity index (χ2n) is 2.69. The number of hydrogen-bond acceptors (Lipinski definition) is 4. The van der Waals surface area contributed by atoms with Gasteiger partial charge >= 0.3 is 5.97 Å². The Balaban J connectivity index is 3.20. The van der Waals surface area contributed by atoms with E-state index in [2.05, 4.69) is 0 Å². The van der Waals surface area contributed by atoms with Gasteiger partial charge in [-0.15, -0.1) is 0 Å². The van der Waals surface area contributed by atoms with Crippen LogP contribution >= 0.6 is 0 Å². The first-order valence-electron chi connectivity index (χ1n) is 4.02. The van der Waals surface area contributed by atoms with E-state index in [9.17, 15) is 9.59 Å². The van der Waals surface area contributed by atoms with Crippen LogP contribution in [0.5, 0.6) is 5.75 Å². The second kappa shape index (κ2) is 4.43. The number of nitrogens with two attached hydrogens (primary N) is 1. The number of rotatable bonds is 3. The lowest BCUT2D eigenvalue weighted by Gasteiger charge is -2.07. The number of methoxy groups -OCH3 is 1. The molecular formula is C9H10N2O4. The van der Waals surface area contributed by atoms with Gasteiger partial charge in [0.25, 0.3) is 5.91 Å². The molecule has 0 saturated carbocycles. The molecule has 0 radical (unpaired) electrons. The van der Waals surface area contributed by atoms with E-state index in [-0.39, 0.29) is 16.9 Å². The Bertz CT molecular complexity index is 403. The highest BCUT2D eigenvalue weighted by molar-refractivity contribution is 5.98. The van der Waals surface area contributed by atoms with Crippen LogP contribution in [-0.4, -0.2) is 24.1 Å². The number of benzene rings is 1. The number of hydrazine groups is 1. The van der Waals surface area contributed by atoms with Crippen LogP contribution in [0.1, 0.15) is 20.7 Å². The van der Waals surface area contributed by atoms with Gasteiger partial charge in [0.15, 0.2) is 0 Å². The minimum atomic E-state index is -1.09. The summed E-state index contributed by atoms with van der Waals surface area (Å²) in [5.74, 6) is 3.49. The third kappa shape index (κ3) is 2.23. The maximum Gasteiger partial charge on any atom is 0.335 e. The molecule has 1 amide bonds. The molecule has 0 unspecified atom stereocenters. The van der Waals surface area contributed by atoms with Gasteiger partial charge < -0.3 is 9.84 Å². The molecule has 0 aromatic heterocycles. The number of amides is 1. The SMILES string of the molecule is COc1cc(C(=O)O)ccc1C(=O)NN. The third-order valence-corrected chi connectivity index (χ3v) is 1.82. The Morgan fingerprint density at radius 3 is 2.60 bits per heavy atom. The summed E-state index contributed by atoms with van der Waals surface area (Å²) >= 11 is 0. The van der Waals surface area contributed by atoms with Gasteiger partial charge in [0.2, 0.25) is 0 Å². The van der Waals surface area contributed by atoms with Crippen LogP contribution in [0.15, 0.2) is 18.2 Å². The summed E-state index contributed by atoms with van der Waals surface area (Å²) in [7, 11) is 1.34. The molecule has 1 aromatic carbocycles. The molecule has 0 spiro atoms. The van der Waals surface area contributed by atoms with Gasteiger partial charge in [-0.1, -0.05) is 0 Å². The van der Waals surface area contributed by atoms with Gasteiger partial charge in [-0.25, -0.2) is 10.6 Å². The summed E-state index contributed by atoms with van der Waals surface area (Å²) in [6.07, 6.45) is 0. The molecule has 80 valence electrons. The van der Waals surface area contributed by atoms with Gasteiger partial charge in [-0.05, 0) is 18.2 Å². The van der Waals surface area contributed by atoms with Crippen molar-refractivity contribution in [1.29, 1.82) is 0 Å². The summed E-state index contributed by atoms with van der Waals surface area (Å²) in [4.78, 5) is 21.8. The van der Waals surface area contributed by atoms with Crippen LogP contribution in [0.25, 0.3) is 0 Å². The van der Waals surface area contributed by atoms with Crippen molar-refractivity contribution in [3.8, 4) is 5.75 Å². The third-order valence-electron chi connectivity index (χ3n) is 1.82. The standard InChI is InChI=1S/C9H10N2O4/c1-15-7-4-5(9(13)14)2-3-6(7)8(12)11-10/h2-4H,10H2,1H3,(H,11,12)(H,13,14). The molecule has 6 heteroatoms. The molecule has 6 nitrogen and oxygen atoms in total. The molecule has 1 rings (SSSR count). The average Bonchev–Trinajstić information content (AvgIpc) is 2.27. The molecular weight excluding hydrogens is 200 g/mol. The number of carbonyl (C=O) groups excluding carboxylic acids is 1. The van der Waals surface area contributed by atoms with Crippen molar-refractivity contribution in [2.45, 2.75) is 0 Å². The molecule has 0 atom stereocenters. The lowest BCUT2D eigenvalue weighted by atomic mass is 10.1. The normalized spacial score (nSPS) is 9.47. The molecule has 0 heterocycles. The molecule has 0 aliphatic heterocycles. The molecule has 0 bridgehead atoms. The second-order valence-corrected chi connectivity index (χ2v) is 2.69. The first kappa shape index (κ1) is 11.0. The predicted octanol–water partition coefficient (Wildman–Crippen LogP) is -0.00310. The summed E-state index contributed by atoms with van der Waals surface area (Å²) in [6.45, 7) is 0. The number of ether oxygens (including phenoxy) is 1. The molecule has 15 heavy (non-hydrogen) atoms. The number of nitrogens with one attached hydrogen (secondary N) is 1. The smallest absolute Gasteiger partial charge is 0.335 e. The molecule has 0 aliphatic carbocycles. The average molecular weight is 210 g/mol. The van der Waals surface area contributed by atoms with Crippen molar-refractivity contribution < 1.29 is 19.4 Å². The Kier molecular flexibility index (Phi) is 3.25. The van der Waals surface area contributed by atoms with E-state index in [1.165, 1.54) is 25.3 Å². The number of carbonyl (C=O) groups is 2. The number of hydrogen-bond donors (Lipinski definition) is 3. The van der Waals surface area contributed by atoms with Crippen molar-refractivity contribution >= 4 is 11.9 Å². The lowest BCUT2D eigenvalue weighted by Crippen LogP contribution is -2.30. The first-order chi connectivity index (χ1) is 7.10. The van der Waals surface area contributed by atoms with Crippen LogP contribution in [0.2, 0.25) is 0 Å². The maximum atomic E-state index is 11.2. The van der Waals surface area contributed by atoms with E-state index in [4.69, 9.17) is 15.7 Å². The zero-order valence-corrected chi connectivity index (χ0v) is 7.98. The number of aromatic carboxylic acids is 1. The highest BCUT2D eigenvalue weighted by Gasteiger charge is 2.13. The maximum absolute atomic E-state index is 11.2. The van der Waals surface area contributed by atoms with Gasteiger partial charge in [-0.3, -0.25) is 10.2 Å².